The summed E-state index contributed by atoms with van der Waals surface area (Å²) < 4.78 is 0. The molecule has 2 N–H and O–H groups in total. The van der Waals surface area contributed by atoms with E-state index in [0.29, 0.717) is 6.04 Å². The third-order valence-corrected chi connectivity index (χ3v) is 3.24. The number of hydrogen-bond donors (Lipinski definition) is 2. The Kier molecular flexibility index (Phi) is 3.67. The van der Waals surface area contributed by atoms with Crippen LogP contribution in [0.25, 0.3) is 0 Å². The average Bonchev–Trinajstić information content (AvgIpc) is 2.28. The lowest BCUT2D eigenvalue weighted by Gasteiger charge is -2.33. The van der Waals surface area contributed by atoms with Gasteiger partial charge in [0, 0.05) is 23.8 Å². The van der Waals surface area contributed by atoms with Crippen molar-refractivity contribution in [3.05, 3.63) is 29.8 Å². The lowest BCUT2D eigenvalue weighted by molar-refractivity contribution is 0.0896. The molecule has 0 aliphatic heterocycles. The summed E-state index contributed by atoms with van der Waals surface area (Å²) in [6.45, 7) is 5.16. The van der Waals surface area contributed by atoms with E-state index in [4.69, 9.17) is 0 Å². The summed E-state index contributed by atoms with van der Waals surface area (Å²) in [5, 5.41) is 6.27. The van der Waals surface area contributed by atoms with Crippen molar-refractivity contribution >= 4 is 11.6 Å². The van der Waals surface area contributed by atoms with Gasteiger partial charge in [-0.05, 0) is 49.9 Å². The van der Waals surface area contributed by atoms with Crippen LogP contribution < -0.4 is 10.6 Å². The molecule has 3 nitrogen and oxygen atoms in total. The van der Waals surface area contributed by atoms with Crippen molar-refractivity contribution in [2.24, 2.45) is 5.92 Å². The second-order valence-electron chi connectivity index (χ2n) is 4.85. The van der Waals surface area contributed by atoms with E-state index in [1.807, 2.05) is 24.3 Å². The Balaban J connectivity index is 1.90. The van der Waals surface area contributed by atoms with E-state index in [1.54, 1.807) is 0 Å². The fourth-order valence-corrected chi connectivity index (χ4v) is 2.23. The van der Waals surface area contributed by atoms with Crippen LogP contribution in [0, 0.1) is 5.92 Å². The van der Waals surface area contributed by atoms with E-state index >= 15 is 0 Å². The van der Waals surface area contributed by atoms with Gasteiger partial charge in [-0.15, -0.1) is 0 Å². The first-order chi connectivity index (χ1) is 8.19. The molecule has 17 heavy (non-hydrogen) atoms. The van der Waals surface area contributed by atoms with Crippen LogP contribution in [0.15, 0.2) is 24.3 Å². The molecule has 0 saturated heterocycles. The Bertz CT molecular complexity index is 380. The second-order valence-corrected chi connectivity index (χ2v) is 4.85. The van der Waals surface area contributed by atoms with Gasteiger partial charge in [-0.1, -0.05) is 6.92 Å². The van der Waals surface area contributed by atoms with Gasteiger partial charge in [-0.3, -0.25) is 4.79 Å². The molecule has 1 fully saturated rings. The van der Waals surface area contributed by atoms with Crippen LogP contribution in [0.1, 0.15) is 37.0 Å². The normalized spacial score (nSPS) is 22.7. The van der Waals surface area contributed by atoms with Crippen LogP contribution in [-0.4, -0.2) is 18.5 Å². The second kappa shape index (κ2) is 5.21. The highest BCUT2D eigenvalue weighted by atomic mass is 16.1. The van der Waals surface area contributed by atoms with E-state index in [9.17, 15) is 4.79 Å². The molecule has 0 radical (unpaired) electrons. The number of benzene rings is 1. The zero-order chi connectivity index (χ0) is 12.3. The van der Waals surface area contributed by atoms with Crippen molar-refractivity contribution in [2.45, 2.75) is 32.7 Å². The summed E-state index contributed by atoms with van der Waals surface area (Å²) in [4.78, 5) is 11.9. The molecule has 92 valence electrons. The third-order valence-electron chi connectivity index (χ3n) is 3.24. The van der Waals surface area contributed by atoms with Gasteiger partial charge < -0.3 is 10.6 Å². The molecule has 0 unspecified atom stereocenters. The van der Waals surface area contributed by atoms with E-state index in [2.05, 4.69) is 24.5 Å². The van der Waals surface area contributed by atoms with Crippen molar-refractivity contribution < 1.29 is 4.79 Å². The third kappa shape index (κ3) is 2.99. The first kappa shape index (κ1) is 12.0. The fraction of sp³-hybridized carbons (Fsp3) is 0.500. The molecule has 0 spiro atoms. The van der Waals surface area contributed by atoms with Crippen molar-refractivity contribution in [3.8, 4) is 0 Å². The molecule has 1 aliphatic carbocycles. The van der Waals surface area contributed by atoms with Crippen molar-refractivity contribution in [1.82, 2.24) is 5.32 Å². The largest absolute Gasteiger partial charge is 0.385 e. The highest BCUT2D eigenvalue weighted by Gasteiger charge is 2.26. The van der Waals surface area contributed by atoms with E-state index in [0.717, 1.165) is 36.6 Å². The molecule has 0 aromatic heterocycles. The van der Waals surface area contributed by atoms with Gasteiger partial charge in [-0.2, -0.15) is 0 Å². The molecular formula is C14H20N2O. The summed E-state index contributed by atoms with van der Waals surface area (Å²) in [6, 6.07) is 8.01. The molecule has 1 aromatic rings. The molecule has 0 bridgehead atoms. The zero-order valence-corrected chi connectivity index (χ0v) is 10.5. The van der Waals surface area contributed by atoms with Crippen molar-refractivity contribution in [3.63, 3.8) is 0 Å². The number of rotatable bonds is 4. The average molecular weight is 232 g/mol. The molecule has 1 amide bonds. The van der Waals surface area contributed by atoms with E-state index < -0.39 is 0 Å². The lowest BCUT2D eigenvalue weighted by atomic mass is 9.82. The van der Waals surface area contributed by atoms with Gasteiger partial charge in [-0.25, -0.2) is 0 Å². The Morgan fingerprint density at radius 1 is 1.29 bits per heavy atom. The Hall–Kier alpha value is -1.51. The number of amides is 1. The Labute approximate surface area is 103 Å². The van der Waals surface area contributed by atoms with Gasteiger partial charge in [0.1, 0.15) is 0 Å². The lowest BCUT2D eigenvalue weighted by Crippen LogP contribution is -2.43. The topological polar surface area (TPSA) is 41.1 Å². The molecule has 3 heteroatoms. The number of anilines is 1. The summed E-state index contributed by atoms with van der Waals surface area (Å²) in [5.41, 5.74) is 1.80. The van der Waals surface area contributed by atoms with Gasteiger partial charge in [0.15, 0.2) is 0 Å². The molecule has 0 heterocycles. The standard InChI is InChI=1S/C14H20N2O/c1-3-15-12-6-4-11(5-7-12)14(17)16-13-8-10(2)9-13/h4-7,10,13,15H,3,8-9H2,1-2H3,(H,16,17). The van der Waals surface area contributed by atoms with Crippen molar-refractivity contribution in [2.75, 3.05) is 11.9 Å². The maximum atomic E-state index is 11.9. The van der Waals surface area contributed by atoms with E-state index in [1.165, 1.54) is 0 Å². The number of carbonyl (C=O) groups is 1. The number of carbonyl (C=O) groups excluding carboxylic acids is 1. The van der Waals surface area contributed by atoms with Crippen LogP contribution in [0.5, 0.6) is 0 Å². The molecule has 2 rings (SSSR count). The Morgan fingerprint density at radius 3 is 2.47 bits per heavy atom. The minimum absolute atomic E-state index is 0.0462. The minimum Gasteiger partial charge on any atom is -0.385 e. The number of hydrogen-bond acceptors (Lipinski definition) is 2. The predicted molar refractivity (Wildman–Crippen MR) is 70.3 cm³/mol. The molecule has 1 saturated carbocycles. The van der Waals surface area contributed by atoms with Crippen LogP contribution >= 0.6 is 0 Å². The Morgan fingerprint density at radius 2 is 1.94 bits per heavy atom. The molecule has 1 aromatic carbocycles. The highest BCUT2D eigenvalue weighted by Crippen LogP contribution is 2.26. The van der Waals surface area contributed by atoms with Crippen LogP contribution in [0.3, 0.4) is 0 Å². The summed E-state index contributed by atoms with van der Waals surface area (Å²) in [6.07, 6.45) is 2.22. The van der Waals surface area contributed by atoms with Gasteiger partial charge >= 0.3 is 0 Å². The fourth-order valence-electron chi connectivity index (χ4n) is 2.23. The molecule has 1 aliphatic rings. The molecule has 0 atom stereocenters. The van der Waals surface area contributed by atoms with Crippen molar-refractivity contribution in [1.29, 1.82) is 0 Å². The highest BCUT2D eigenvalue weighted by molar-refractivity contribution is 5.94. The maximum Gasteiger partial charge on any atom is 0.251 e. The quantitative estimate of drug-likeness (QED) is 0.838. The first-order valence-corrected chi connectivity index (χ1v) is 6.34. The van der Waals surface area contributed by atoms with Gasteiger partial charge in [0.2, 0.25) is 0 Å². The van der Waals surface area contributed by atoms with E-state index in [-0.39, 0.29) is 5.91 Å². The maximum absolute atomic E-state index is 11.9. The smallest absolute Gasteiger partial charge is 0.251 e. The van der Waals surface area contributed by atoms with Crippen LogP contribution in [0.2, 0.25) is 0 Å². The minimum atomic E-state index is 0.0462. The van der Waals surface area contributed by atoms with Crippen LogP contribution in [0.4, 0.5) is 5.69 Å². The summed E-state index contributed by atoms with van der Waals surface area (Å²) >= 11 is 0. The SMILES string of the molecule is CCNc1ccc(C(=O)NC2CC(C)C2)cc1. The van der Waals surface area contributed by atoms with Gasteiger partial charge in [0.05, 0.1) is 0 Å². The number of nitrogens with one attached hydrogen (secondary N) is 2. The van der Waals surface area contributed by atoms with Crippen LogP contribution in [-0.2, 0) is 0 Å². The predicted octanol–water partition coefficient (Wildman–Crippen LogP) is 2.65. The first-order valence-electron chi connectivity index (χ1n) is 6.34. The monoisotopic (exact) mass is 232 g/mol. The molecular weight excluding hydrogens is 212 g/mol. The van der Waals surface area contributed by atoms with Gasteiger partial charge in [0.25, 0.3) is 5.91 Å². The summed E-state index contributed by atoms with van der Waals surface area (Å²) in [5.74, 6) is 0.807. The summed E-state index contributed by atoms with van der Waals surface area (Å²) in [7, 11) is 0. The zero-order valence-electron chi connectivity index (χ0n) is 10.5.